The van der Waals surface area contributed by atoms with Crippen molar-refractivity contribution in [1.29, 1.82) is 0 Å². The van der Waals surface area contributed by atoms with Gasteiger partial charge in [-0.05, 0) is 38.3 Å². The molecule has 1 atom stereocenters. The lowest BCUT2D eigenvalue weighted by Gasteiger charge is -2.24. The molecule has 0 radical (unpaired) electrons. The molecule has 2 heterocycles. The summed E-state index contributed by atoms with van der Waals surface area (Å²) in [6.45, 7) is 4.18. The number of aromatic nitrogens is 2. The highest BCUT2D eigenvalue weighted by Crippen LogP contribution is 2.27. The predicted molar refractivity (Wildman–Crippen MR) is 83.9 cm³/mol. The monoisotopic (exact) mass is 290 g/mol. The average Bonchev–Trinajstić information content (AvgIpc) is 2.97. The van der Waals surface area contributed by atoms with Crippen molar-refractivity contribution in [3.05, 3.63) is 29.3 Å². The fourth-order valence-electron chi connectivity index (χ4n) is 2.48. The van der Waals surface area contributed by atoms with E-state index in [4.69, 9.17) is 0 Å². The van der Waals surface area contributed by atoms with E-state index < -0.39 is 0 Å². The highest BCUT2D eigenvalue weighted by Gasteiger charge is 2.28. The summed E-state index contributed by atoms with van der Waals surface area (Å²) < 4.78 is 0. The zero-order valence-electron chi connectivity index (χ0n) is 12.1. The minimum absolute atomic E-state index is 0.583. The Hall–Kier alpha value is -1.17. The molecule has 2 aromatic heterocycles. The highest BCUT2D eigenvalue weighted by molar-refractivity contribution is 7.13. The van der Waals surface area contributed by atoms with Crippen molar-refractivity contribution in [3.8, 4) is 10.6 Å². The van der Waals surface area contributed by atoms with Crippen LogP contribution in [-0.2, 0) is 6.54 Å². The lowest BCUT2D eigenvalue weighted by atomic mass is 10.2. The lowest BCUT2D eigenvalue weighted by Crippen LogP contribution is -2.38. The van der Waals surface area contributed by atoms with Crippen LogP contribution in [-0.4, -0.2) is 40.8 Å². The van der Waals surface area contributed by atoms with Gasteiger partial charge in [0.1, 0.15) is 0 Å². The number of hydrogen-bond acceptors (Lipinski definition) is 4. The maximum absolute atomic E-state index is 4.18. The largest absolute Gasteiger partial charge is 0.311 e. The number of rotatable bonds is 7. The molecule has 0 aliphatic heterocycles. The fraction of sp³-hybridized carbons (Fsp3) is 0.533. The molecule has 1 saturated carbocycles. The van der Waals surface area contributed by atoms with Gasteiger partial charge in [0, 0.05) is 30.7 Å². The molecule has 3 rings (SSSR count). The Balaban J connectivity index is 1.53. The number of aromatic amines is 1. The second kappa shape index (κ2) is 6.08. The average molecular weight is 290 g/mol. The molecule has 1 fully saturated rings. The molecule has 1 aliphatic rings. The molecule has 0 spiro atoms. The smallest absolute Gasteiger partial charge is 0.0794 e. The van der Waals surface area contributed by atoms with Crippen LogP contribution in [0.1, 0.15) is 25.3 Å². The fourth-order valence-corrected chi connectivity index (χ4v) is 3.24. The molecule has 5 heteroatoms. The van der Waals surface area contributed by atoms with Gasteiger partial charge in [-0.25, -0.2) is 0 Å². The molecular weight excluding hydrogens is 268 g/mol. The Labute approximate surface area is 124 Å². The second-order valence-corrected chi connectivity index (χ2v) is 6.57. The van der Waals surface area contributed by atoms with Crippen LogP contribution in [0.2, 0.25) is 0 Å². The van der Waals surface area contributed by atoms with Crippen LogP contribution in [0.5, 0.6) is 0 Å². The molecule has 0 aromatic carbocycles. The zero-order chi connectivity index (χ0) is 13.9. The Morgan fingerprint density at radius 3 is 3.10 bits per heavy atom. The van der Waals surface area contributed by atoms with Crippen molar-refractivity contribution in [2.45, 2.75) is 38.4 Å². The summed E-state index contributed by atoms with van der Waals surface area (Å²) in [5, 5.41) is 12.9. The molecule has 1 aliphatic carbocycles. The van der Waals surface area contributed by atoms with E-state index in [1.807, 2.05) is 6.20 Å². The second-order valence-electron chi connectivity index (χ2n) is 5.62. The Kier molecular flexibility index (Phi) is 4.19. The van der Waals surface area contributed by atoms with Crippen LogP contribution < -0.4 is 5.32 Å². The summed E-state index contributed by atoms with van der Waals surface area (Å²) >= 11 is 1.74. The summed E-state index contributed by atoms with van der Waals surface area (Å²) in [4.78, 5) is 3.74. The van der Waals surface area contributed by atoms with Crippen molar-refractivity contribution in [2.75, 3.05) is 13.6 Å². The van der Waals surface area contributed by atoms with Crippen molar-refractivity contribution in [2.24, 2.45) is 0 Å². The summed E-state index contributed by atoms with van der Waals surface area (Å²) in [7, 11) is 2.24. The number of H-pyrrole nitrogens is 1. The first-order valence-corrected chi connectivity index (χ1v) is 8.12. The van der Waals surface area contributed by atoms with Gasteiger partial charge >= 0.3 is 0 Å². The molecule has 0 bridgehead atoms. The minimum atomic E-state index is 0.583. The molecule has 20 heavy (non-hydrogen) atoms. The highest BCUT2D eigenvalue weighted by atomic mass is 32.1. The van der Waals surface area contributed by atoms with E-state index in [0.29, 0.717) is 6.04 Å². The molecule has 0 amide bonds. The topological polar surface area (TPSA) is 44.0 Å². The van der Waals surface area contributed by atoms with Gasteiger partial charge in [0.25, 0.3) is 0 Å². The van der Waals surface area contributed by atoms with Gasteiger partial charge in [0.05, 0.1) is 16.8 Å². The van der Waals surface area contributed by atoms with E-state index in [1.54, 1.807) is 11.3 Å². The standard InChI is InChI=1S/C15H22N4S/c1-11(19(2)13-5-6-13)8-16-9-12-10-17-18-15(12)14-4-3-7-20-14/h3-4,7,10-11,13,16H,5-6,8-9H2,1-2H3,(H,17,18). The first kappa shape index (κ1) is 13.8. The van der Waals surface area contributed by atoms with Crippen LogP contribution in [0.15, 0.2) is 23.7 Å². The predicted octanol–water partition coefficient (Wildman–Crippen LogP) is 2.71. The van der Waals surface area contributed by atoms with Gasteiger partial charge in [-0.15, -0.1) is 11.3 Å². The third kappa shape index (κ3) is 3.11. The molecule has 2 aromatic rings. The van der Waals surface area contributed by atoms with Crippen LogP contribution in [0, 0.1) is 0 Å². The quantitative estimate of drug-likeness (QED) is 0.824. The number of hydrogen-bond donors (Lipinski definition) is 2. The van der Waals surface area contributed by atoms with Gasteiger partial charge in [-0.3, -0.25) is 10.00 Å². The van der Waals surface area contributed by atoms with Gasteiger partial charge < -0.3 is 5.32 Å². The molecule has 108 valence electrons. The number of nitrogens with one attached hydrogen (secondary N) is 2. The first-order valence-electron chi connectivity index (χ1n) is 7.24. The van der Waals surface area contributed by atoms with E-state index in [1.165, 1.54) is 23.3 Å². The summed E-state index contributed by atoms with van der Waals surface area (Å²) in [5.74, 6) is 0. The Bertz CT molecular complexity index is 530. The maximum atomic E-state index is 4.18. The van der Waals surface area contributed by atoms with Gasteiger partial charge in [-0.1, -0.05) is 6.07 Å². The van der Waals surface area contributed by atoms with Crippen molar-refractivity contribution >= 4 is 11.3 Å². The third-order valence-electron chi connectivity index (χ3n) is 4.06. The van der Waals surface area contributed by atoms with E-state index in [2.05, 4.69) is 51.9 Å². The van der Waals surface area contributed by atoms with E-state index in [-0.39, 0.29) is 0 Å². The zero-order valence-corrected chi connectivity index (χ0v) is 12.9. The normalized spacial score (nSPS) is 16.8. The van der Waals surface area contributed by atoms with Gasteiger partial charge in [0.2, 0.25) is 0 Å². The summed E-state index contributed by atoms with van der Waals surface area (Å²) in [5.41, 5.74) is 2.39. The van der Waals surface area contributed by atoms with Gasteiger partial charge in [-0.2, -0.15) is 5.10 Å². The molecule has 4 nitrogen and oxygen atoms in total. The lowest BCUT2D eigenvalue weighted by molar-refractivity contribution is 0.241. The van der Waals surface area contributed by atoms with Crippen molar-refractivity contribution in [3.63, 3.8) is 0 Å². The van der Waals surface area contributed by atoms with E-state index in [9.17, 15) is 0 Å². The summed E-state index contributed by atoms with van der Waals surface area (Å²) in [6, 6.07) is 5.61. The summed E-state index contributed by atoms with van der Waals surface area (Å²) in [6.07, 6.45) is 4.66. The molecular formula is C15H22N4S. The number of thiophene rings is 1. The Morgan fingerprint density at radius 1 is 1.55 bits per heavy atom. The maximum Gasteiger partial charge on any atom is 0.0794 e. The van der Waals surface area contributed by atoms with E-state index in [0.717, 1.165) is 24.8 Å². The van der Waals surface area contributed by atoms with Crippen molar-refractivity contribution in [1.82, 2.24) is 20.4 Å². The number of nitrogens with zero attached hydrogens (tertiary/aromatic N) is 2. The Morgan fingerprint density at radius 2 is 2.40 bits per heavy atom. The number of likely N-dealkylation sites (N-methyl/N-ethyl adjacent to an activating group) is 1. The van der Waals surface area contributed by atoms with Crippen LogP contribution in [0.25, 0.3) is 10.6 Å². The van der Waals surface area contributed by atoms with E-state index >= 15 is 0 Å². The molecule has 1 unspecified atom stereocenters. The van der Waals surface area contributed by atoms with Gasteiger partial charge in [0.15, 0.2) is 0 Å². The third-order valence-corrected chi connectivity index (χ3v) is 4.95. The van der Waals surface area contributed by atoms with Crippen LogP contribution in [0.4, 0.5) is 0 Å². The molecule has 2 N–H and O–H groups in total. The van der Waals surface area contributed by atoms with Crippen LogP contribution in [0.3, 0.4) is 0 Å². The first-order chi connectivity index (χ1) is 9.75. The molecule has 0 saturated heterocycles. The SMILES string of the molecule is CC(CNCc1cn[nH]c1-c1cccs1)N(C)C1CC1. The van der Waals surface area contributed by atoms with Crippen LogP contribution >= 0.6 is 11.3 Å². The minimum Gasteiger partial charge on any atom is -0.311 e. The van der Waals surface area contributed by atoms with Crippen molar-refractivity contribution < 1.29 is 0 Å².